The molecule has 70 valence electrons. The molecule has 0 unspecified atom stereocenters. The van der Waals surface area contributed by atoms with Crippen LogP contribution in [0.25, 0.3) is 10.9 Å². The molecule has 0 aliphatic carbocycles. The number of aromatic nitrogens is 1. The van der Waals surface area contributed by atoms with Crippen molar-refractivity contribution in [2.24, 2.45) is 5.73 Å². The number of carbonyl (C=O) groups is 1. The lowest BCUT2D eigenvalue weighted by molar-refractivity contribution is 0.100. The summed E-state index contributed by atoms with van der Waals surface area (Å²) >= 11 is 3.40. The molecule has 1 aromatic heterocycles. The van der Waals surface area contributed by atoms with E-state index in [0.717, 1.165) is 15.4 Å². The van der Waals surface area contributed by atoms with Gasteiger partial charge in [0, 0.05) is 21.6 Å². The van der Waals surface area contributed by atoms with Crippen molar-refractivity contribution in [1.29, 1.82) is 0 Å². The van der Waals surface area contributed by atoms with Crippen LogP contribution >= 0.6 is 15.9 Å². The molecule has 14 heavy (non-hydrogen) atoms. The molecule has 0 saturated heterocycles. The Kier molecular flexibility index (Phi) is 2.21. The quantitative estimate of drug-likeness (QED) is 0.843. The summed E-state index contributed by atoms with van der Waals surface area (Å²) in [7, 11) is 0. The lowest BCUT2D eigenvalue weighted by atomic mass is 10.1. The van der Waals surface area contributed by atoms with E-state index in [2.05, 4.69) is 20.9 Å². The topological polar surface area (TPSA) is 56.0 Å². The van der Waals surface area contributed by atoms with Crippen molar-refractivity contribution in [3.8, 4) is 0 Å². The third kappa shape index (κ3) is 1.48. The number of nitrogens with two attached hydrogens (primary N) is 1. The van der Waals surface area contributed by atoms with Gasteiger partial charge >= 0.3 is 0 Å². The normalized spacial score (nSPS) is 10.4. The Morgan fingerprint density at radius 2 is 2.14 bits per heavy atom. The number of benzene rings is 1. The van der Waals surface area contributed by atoms with Gasteiger partial charge in [0.1, 0.15) is 0 Å². The van der Waals surface area contributed by atoms with E-state index < -0.39 is 5.91 Å². The summed E-state index contributed by atoms with van der Waals surface area (Å²) in [5.74, 6) is -0.436. The Bertz CT molecular complexity index is 510. The van der Waals surface area contributed by atoms with Crippen LogP contribution in [0.3, 0.4) is 0 Å². The molecule has 0 fully saturated rings. The second-order valence-electron chi connectivity index (χ2n) is 2.89. The first-order valence-corrected chi connectivity index (χ1v) is 4.82. The number of fused-ring (bicyclic) bond motifs is 1. The molecular weight excluding hydrogens is 244 g/mol. The molecule has 1 heterocycles. The molecule has 0 saturated carbocycles. The highest BCUT2D eigenvalue weighted by molar-refractivity contribution is 9.10. The predicted octanol–water partition coefficient (Wildman–Crippen LogP) is 2.10. The number of hydrogen-bond acceptors (Lipinski definition) is 2. The van der Waals surface area contributed by atoms with Crippen LogP contribution in [-0.4, -0.2) is 10.9 Å². The number of primary amides is 1. The Morgan fingerprint density at radius 1 is 1.36 bits per heavy atom. The van der Waals surface area contributed by atoms with Gasteiger partial charge in [0.15, 0.2) is 0 Å². The van der Waals surface area contributed by atoms with Crippen molar-refractivity contribution in [2.45, 2.75) is 0 Å². The maximum absolute atomic E-state index is 10.9. The maximum atomic E-state index is 10.9. The minimum atomic E-state index is -0.436. The number of hydrogen-bond donors (Lipinski definition) is 1. The number of carbonyl (C=O) groups excluding carboxylic acids is 1. The Balaban J connectivity index is 2.73. The van der Waals surface area contributed by atoms with E-state index in [4.69, 9.17) is 5.73 Å². The molecule has 0 bridgehead atoms. The van der Waals surface area contributed by atoms with E-state index in [1.807, 2.05) is 12.1 Å². The van der Waals surface area contributed by atoms with E-state index in [9.17, 15) is 4.79 Å². The minimum absolute atomic E-state index is 0.436. The molecule has 0 aliphatic rings. The molecule has 2 aromatic rings. The van der Waals surface area contributed by atoms with Gasteiger partial charge in [-0.2, -0.15) is 0 Å². The van der Waals surface area contributed by atoms with Crippen LogP contribution in [0, 0.1) is 0 Å². The zero-order valence-corrected chi connectivity index (χ0v) is 8.78. The Labute approximate surface area is 89.1 Å². The lowest BCUT2D eigenvalue weighted by Crippen LogP contribution is -2.10. The predicted molar refractivity (Wildman–Crippen MR) is 58.0 cm³/mol. The minimum Gasteiger partial charge on any atom is -0.366 e. The van der Waals surface area contributed by atoms with Crippen LogP contribution < -0.4 is 5.73 Å². The average molecular weight is 251 g/mol. The summed E-state index contributed by atoms with van der Waals surface area (Å²) in [6.07, 6.45) is 1.68. The smallest absolute Gasteiger partial charge is 0.248 e. The van der Waals surface area contributed by atoms with Gasteiger partial charge in [-0.15, -0.1) is 0 Å². The number of amides is 1. The fourth-order valence-electron chi connectivity index (χ4n) is 1.27. The average Bonchev–Trinajstić information content (AvgIpc) is 2.17. The van der Waals surface area contributed by atoms with Crippen molar-refractivity contribution in [3.05, 3.63) is 40.5 Å². The van der Waals surface area contributed by atoms with Gasteiger partial charge < -0.3 is 5.73 Å². The zero-order valence-electron chi connectivity index (χ0n) is 7.20. The van der Waals surface area contributed by atoms with Crippen molar-refractivity contribution >= 4 is 32.7 Å². The van der Waals surface area contributed by atoms with Gasteiger partial charge in [0.05, 0.1) is 5.52 Å². The molecule has 0 radical (unpaired) electrons. The van der Waals surface area contributed by atoms with Crippen molar-refractivity contribution < 1.29 is 4.79 Å². The number of rotatable bonds is 1. The Morgan fingerprint density at radius 3 is 2.86 bits per heavy atom. The molecule has 4 heteroatoms. The monoisotopic (exact) mass is 250 g/mol. The summed E-state index contributed by atoms with van der Waals surface area (Å²) in [6.45, 7) is 0. The maximum Gasteiger partial charge on any atom is 0.248 e. The van der Waals surface area contributed by atoms with Crippen LogP contribution in [0.15, 0.2) is 34.9 Å². The van der Waals surface area contributed by atoms with E-state index in [1.165, 1.54) is 0 Å². The number of halogens is 1. The highest BCUT2D eigenvalue weighted by Crippen LogP contribution is 2.22. The molecule has 1 amide bonds. The van der Waals surface area contributed by atoms with E-state index >= 15 is 0 Å². The largest absolute Gasteiger partial charge is 0.366 e. The SMILES string of the molecule is NC(=O)c1ccc2c(Br)ccnc2c1. The third-order valence-corrected chi connectivity index (χ3v) is 2.67. The van der Waals surface area contributed by atoms with Gasteiger partial charge in [0.2, 0.25) is 5.91 Å². The first-order chi connectivity index (χ1) is 6.68. The number of nitrogens with zero attached hydrogens (tertiary/aromatic N) is 1. The van der Waals surface area contributed by atoms with Crippen molar-refractivity contribution in [3.63, 3.8) is 0 Å². The van der Waals surface area contributed by atoms with Gasteiger partial charge in [-0.1, -0.05) is 22.0 Å². The fourth-order valence-corrected chi connectivity index (χ4v) is 1.72. The van der Waals surface area contributed by atoms with Gasteiger partial charge in [-0.05, 0) is 18.2 Å². The second kappa shape index (κ2) is 3.38. The molecule has 0 atom stereocenters. The summed E-state index contributed by atoms with van der Waals surface area (Å²) in [5.41, 5.74) is 6.40. The number of pyridine rings is 1. The van der Waals surface area contributed by atoms with E-state index in [1.54, 1.807) is 18.3 Å². The molecule has 2 rings (SSSR count). The van der Waals surface area contributed by atoms with Crippen LogP contribution in [0.5, 0.6) is 0 Å². The van der Waals surface area contributed by atoms with Crippen LogP contribution in [0.1, 0.15) is 10.4 Å². The fraction of sp³-hybridized carbons (Fsp3) is 0. The molecular formula is C10H7BrN2O. The van der Waals surface area contributed by atoms with E-state index in [0.29, 0.717) is 5.56 Å². The van der Waals surface area contributed by atoms with Gasteiger partial charge in [0.25, 0.3) is 0 Å². The highest BCUT2D eigenvalue weighted by atomic mass is 79.9. The van der Waals surface area contributed by atoms with Gasteiger partial charge in [-0.25, -0.2) is 0 Å². The summed E-state index contributed by atoms with van der Waals surface area (Å²) in [4.78, 5) is 15.1. The molecule has 0 aliphatic heterocycles. The summed E-state index contributed by atoms with van der Waals surface area (Å²) in [5, 5.41) is 0.970. The van der Waals surface area contributed by atoms with Crippen LogP contribution in [-0.2, 0) is 0 Å². The van der Waals surface area contributed by atoms with Crippen LogP contribution in [0.2, 0.25) is 0 Å². The first kappa shape index (κ1) is 9.15. The van der Waals surface area contributed by atoms with Gasteiger partial charge in [-0.3, -0.25) is 9.78 Å². The summed E-state index contributed by atoms with van der Waals surface area (Å²) < 4.78 is 0.957. The second-order valence-corrected chi connectivity index (χ2v) is 3.74. The lowest BCUT2D eigenvalue weighted by Gasteiger charge is -2.00. The standard InChI is InChI=1S/C10H7BrN2O/c11-8-3-4-13-9-5-6(10(12)14)1-2-7(8)9/h1-5H,(H2,12,14). The molecule has 3 nitrogen and oxygen atoms in total. The van der Waals surface area contributed by atoms with Crippen LogP contribution in [0.4, 0.5) is 0 Å². The molecule has 1 aromatic carbocycles. The third-order valence-electron chi connectivity index (χ3n) is 1.97. The van der Waals surface area contributed by atoms with E-state index in [-0.39, 0.29) is 0 Å². The first-order valence-electron chi connectivity index (χ1n) is 4.02. The van der Waals surface area contributed by atoms with Crippen molar-refractivity contribution in [1.82, 2.24) is 4.98 Å². The molecule has 2 N–H and O–H groups in total. The van der Waals surface area contributed by atoms with Crippen molar-refractivity contribution in [2.75, 3.05) is 0 Å². The Hall–Kier alpha value is -1.42. The summed E-state index contributed by atoms with van der Waals surface area (Å²) in [6, 6.07) is 7.05. The highest BCUT2D eigenvalue weighted by Gasteiger charge is 2.03. The molecule has 0 spiro atoms. The zero-order chi connectivity index (χ0) is 10.1.